The van der Waals surface area contributed by atoms with E-state index in [-0.39, 0.29) is 11.5 Å². The molecule has 0 unspecified atom stereocenters. The minimum Gasteiger partial charge on any atom is -0.467 e. The second kappa shape index (κ2) is 3.55. The molecule has 2 aromatic rings. The predicted octanol–water partition coefficient (Wildman–Crippen LogP) is 0.335. The molecular formula is C10H11N5O2. The van der Waals surface area contributed by atoms with Gasteiger partial charge in [0, 0.05) is 0 Å². The van der Waals surface area contributed by atoms with Gasteiger partial charge in [0.2, 0.25) is 5.95 Å². The zero-order valence-electron chi connectivity index (χ0n) is 8.93. The van der Waals surface area contributed by atoms with Crippen LogP contribution in [0.3, 0.4) is 0 Å². The van der Waals surface area contributed by atoms with Gasteiger partial charge in [-0.3, -0.25) is 9.78 Å². The third kappa shape index (κ3) is 1.61. The molecule has 88 valence electrons. The average molecular weight is 233 g/mol. The van der Waals surface area contributed by atoms with E-state index < -0.39 is 0 Å². The standard InChI is InChI=1S/C10H11N5O2/c11-10-13-8-7(9(16)14-10)12-5-15(8)4-6-2-1-3-17-6/h1-3,12H,4-5H2,(H3,11,13,14,16). The molecule has 7 heteroatoms. The van der Waals surface area contributed by atoms with Crippen molar-refractivity contribution in [2.45, 2.75) is 6.54 Å². The monoisotopic (exact) mass is 233 g/mol. The van der Waals surface area contributed by atoms with Crippen molar-refractivity contribution < 1.29 is 4.42 Å². The van der Waals surface area contributed by atoms with E-state index in [1.165, 1.54) is 0 Å². The lowest BCUT2D eigenvalue weighted by Gasteiger charge is -2.14. The van der Waals surface area contributed by atoms with E-state index in [2.05, 4.69) is 15.3 Å². The number of hydrogen-bond acceptors (Lipinski definition) is 6. The van der Waals surface area contributed by atoms with Gasteiger partial charge in [-0.15, -0.1) is 0 Å². The Morgan fingerprint density at radius 1 is 1.59 bits per heavy atom. The summed E-state index contributed by atoms with van der Waals surface area (Å²) in [5.74, 6) is 1.48. The summed E-state index contributed by atoms with van der Waals surface area (Å²) in [4.78, 5) is 20.0. The number of anilines is 3. The third-order valence-corrected chi connectivity index (χ3v) is 2.59. The fourth-order valence-electron chi connectivity index (χ4n) is 1.84. The third-order valence-electron chi connectivity index (χ3n) is 2.59. The molecule has 3 heterocycles. The van der Waals surface area contributed by atoms with Crippen LogP contribution < -0.4 is 21.5 Å². The molecule has 0 aliphatic carbocycles. The lowest BCUT2D eigenvalue weighted by molar-refractivity contribution is 0.505. The molecule has 4 N–H and O–H groups in total. The summed E-state index contributed by atoms with van der Waals surface area (Å²) in [5, 5.41) is 2.98. The highest BCUT2D eigenvalue weighted by molar-refractivity contribution is 5.70. The SMILES string of the molecule is Nc1nc2c(c(=O)[nH]1)NCN2Cc1ccco1. The van der Waals surface area contributed by atoms with E-state index in [1.807, 2.05) is 17.0 Å². The molecule has 3 rings (SSSR count). The summed E-state index contributed by atoms with van der Waals surface area (Å²) in [5.41, 5.74) is 5.72. The Bertz CT molecular complexity index is 589. The van der Waals surface area contributed by atoms with Crippen molar-refractivity contribution in [2.24, 2.45) is 0 Å². The fraction of sp³-hybridized carbons (Fsp3) is 0.200. The minimum absolute atomic E-state index is 0.113. The van der Waals surface area contributed by atoms with E-state index >= 15 is 0 Å². The van der Waals surface area contributed by atoms with Gasteiger partial charge < -0.3 is 20.4 Å². The van der Waals surface area contributed by atoms with Crippen molar-refractivity contribution in [3.63, 3.8) is 0 Å². The summed E-state index contributed by atoms with van der Waals surface area (Å²) < 4.78 is 5.26. The first-order valence-corrected chi connectivity index (χ1v) is 5.15. The molecule has 1 aliphatic rings. The highest BCUT2D eigenvalue weighted by Crippen LogP contribution is 2.26. The van der Waals surface area contributed by atoms with Crippen LogP contribution >= 0.6 is 0 Å². The van der Waals surface area contributed by atoms with Gasteiger partial charge in [0.05, 0.1) is 19.5 Å². The highest BCUT2D eigenvalue weighted by atomic mass is 16.3. The van der Waals surface area contributed by atoms with Crippen molar-refractivity contribution in [1.82, 2.24) is 9.97 Å². The van der Waals surface area contributed by atoms with E-state index in [4.69, 9.17) is 10.2 Å². The van der Waals surface area contributed by atoms with Crippen molar-refractivity contribution in [3.05, 3.63) is 34.5 Å². The summed E-state index contributed by atoms with van der Waals surface area (Å²) in [7, 11) is 0. The van der Waals surface area contributed by atoms with Crippen molar-refractivity contribution in [2.75, 3.05) is 22.6 Å². The van der Waals surface area contributed by atoms with Gasteiger partial charge in [0.25, 0.3) is 5.56 Å². The molecule has 0 spiro atoms. The van der Waals surface area contributed by atoms with E-state index in [9.17, 15) is 4.79 Å². The average Bonchev–Trinajstić information content (AvgIpc) is 2.89. The highest BCUT2D eigenvalue weighted by Gasteiger charge is 2.24. The van der Waals surface area contributed by atoms with Crippen LogP contribution in [0, 0.1) is 0 Å². The van der Waals surface area contributed by atoms with Gasteiger partial charge in [-0.05, 0) is 12.1 Å². The molecule has 0 fully saturated rings. The predicted molar refractivity (Wildman–Crippen MR) is 62.7 cm³/mol. The quantitative estimate of drug-likeness (QED) is 0.691. The van der Waals surface area contributed by atoms with Gasteiger partial charge in [0.1, 0.15) is 11.4 Å². The van der Waals surface area contributed by atoms with Crippen LogP contribution in [-0.4, -0.2) is 16.6 Å². The molecular weight excluding hydrogens is 222 g/mol. The normalized spacial score (nSPS) is 13.5. The number of H-pyrrole nitrogens is 1. The molecule has 0 bridgehead atoms. The van der Waals surface area contributed by atoms with Gasteiger partial charge in [-0.1, -0.05) is 0 Å². The Morgan fingerprint density at radius 3 is 3.24 bits per heavy atom. The van der Waals surface area contributed by atoms with E-state index in [0.29, 0.717) is 24.7 Å². The van der Waals surface area contributed by atoms with Crippen LogP contribution in [-0.2, 0) is 6.54 Å². The number of aromatic amines is 1. The van der Waals surface area contributed by atoms with E-state index in [1.54, 1.807) is 6.26 Å². The fourth-order valence-corrected chi connectivity index (χ4v) is 1.84. The molecule has 0 radical (unpaired) electrons. The summed E-state index contributed by atoms with van der Waals surface area (Å²) >= 11 is 0. The molecule has 7 nitrogen and oxygen atoms in total. The first-order valence-electron chi connectivity index (χ1n) is 5.15. The second-order valence-corrected chi connectivity index (χ2v) is 3.76. The molecule has 2 aromatic heterocycles. The first-order chi connectivity index (χ1) is 8.24. The van der Waals surface area contributed by atoms with Crippen molar-refractivity contribution in [1.29, 1.82) is 0 Å². The lowest BCUT2D eigenvalue weighted by atomic mass is 10.4. The first kappa shape index (κ1) is 9.76. The number of fused-ring (bicyclic) bond motifs is 1. The summed E-state index contributed by atoms with van der Waals surface area (Å²) in [6.07, 6.45) is 1.61. The maximum Gasteiger partial charge on any atom is 0.277 e. The lowest BCUT2D eigenvalue weighted by Crippen LogP contribution is -2.22. The van der Waals surface area contributed by atoms with Crippen LogP contribution in [0.1, 0.15) is 5.76 Å². The molecule has 0 atom stereocenters. The van der Waals surface area contributed by atoms with Crippen molar-refractivity contribution >= 4 is 17.5 Å². The number of aromatic nitrogens is 2. The molecule has 0 aromatic carbocycles. The largest absolute Gasteiger partial charge is 0.467 e. The smallest absolute Gasteiger partial charge is 0.277 e. The number of nitrogens with one attached hydrogen (secondary N) is 2. The van der Waals surface area contributed by atoms with Gasteiger partial charge >= 0.3 is 0 Å². The zero-order chi connectivity index (χ0) is 11.8. The van der Waals surface area contributed by atoms with Crippen LogP contribution in [0.2, 0.25) is 0 Å². The number of rotatable bonds is 2. The van der Waals surface area contributed by atoms with Crippen molar-refractivity contribution in [3.8, 4) is 0 Å². The second-order valence-electron chi connectivity index (χ2n) is 3.76. The van der Waals surface area contributed by atoms with Gasteiger partial charge in [0.15, 0.2) is 5.82 Å². The topological polar surface area (TPSA) is 100 Å². The molecule has 17 heavy (non-hydrogen) atoms. The maximum atomic E-state index is 11.6. The van der Waals surface area contributed by atoms with Crippen LogP contribution in [0.25, 0.3) is 0 Å². The summed E-state index contributed by atoms with van der Waals surface area (Å²) in [6, 6.07) is 3.69. The molecule has 0 amide bonds. The number of hydrogen-bond donors (Lipinski definition) is 3. The number of nitrogen functional groups attached to an aromatic ring is 1. The Kier molecular flexibility index (Phi) is 2.04. The molecule has 0 saturated heterocycles. The Labute approximate surface area is 96.3 Å². The maximum absolute atomic E-state index is 11.6. The number of nitrogens with zero attached hydrogens (tertiary/aromatic N) is 2. The van der Waals surface area contributed by atoms with Gasteiger partial charge in [-0.2, -0.15) is 4.98 Å². The Balaban J connectivity index is 1.96. The zero-order valence-corrected chi connectivity index (χ0v) is 8.93. The molecule has 0 saturated carbocycles. The minimum atomic E-state index is -0.255. The van der Waals surface area contributed by atoms with Crippen LogP contribution in [0.4, 0.5) is 17.5 Å². The van der Waals surface area contributed by atoms with Gasteiger partial charge in [-0.25, -0.2) is 0 Å². The Morgan fingerprint density at radius 2 is 2.47 bits per heavy atom. The van der Waals surface area contributed by atoms with Crippen LogP contribution in [0.15, 0.2) is 27.6 Å². The molecule has 1 aliphatic heterocycles. The van der Waals surface area contributed by atoms with Crippen LogP contribution in [0.5, 0.6) is 0 Å². The number of nitrogens with two attached hydrogens (primary N) is 1. The summed E-state index contributed by atoms with van der Waals surface area (Å²) in [6.45, 7) is 1.05. The number of furan rings is 1. The van der Waals surface area contributed by atoms with E-state index in [0.717, 1.165) is 5.76 Å². The Hall–Kier alpha value is -2.44.